The Hall–Kier alpha value is -4.58. The molecule has 1 aliphatic carbocycles. The summed E-state index contributed by atoms with van der Waals surface area (Å²) in [5, 5.41) is 7.01. The molecule has 44 heavy (non-hydrogen) atoms. The molecule has 2 N–H and O–H groups in total. The molecule has 2 amide bonds. The van der Waals surface area contributed by atoms with Gasteiger partial charge in [0.15, 0.2) is 6.61 Å². The number of nitrogens with zero attached hydrogens (tertiary/aromatic N) is 2. The van der Waals surface area contributed by atoms with Crippen LogP contribution in [0.4, 0.5) is 5.69 Å². The van der Waals surface area contributed by atoms with Crippen molar-refractivity contribution in [2.75, 3.05) is 31.7 Å². The van der Waals surface area contributed by atoms with Crippen molar-refractivity contribution in [3.05, 3.63) is 77.9 Å². The van der Waals surface area contributed by atoms with Crippen molar-refractivity contribution in [1.29, 1.82) is 0 Å². The molecule has 0 bridgehead atoms. The minimum Gasteiger partial charge on any atom is -0.497 e. The number of aryl methyl sites for hydroxylation is 1. The fraction of sp³-hybridized carbons (Fsp3) is 0.344. The average Bonchev–Trinajstić information content (AvgIpc) is 3.03. The number of hydrogen-bond acceptors (Lipinski definition) is 8. The van der Waals surface area contributed by atoms with E-state index in [2.05, 4.69) is 15.8 Å². The molecule has 0 saturated heterocycles. The van der Waals surface area contributed by atoms with Gasteiger partial charge in [-0.2, -0.15) is 5.10 Å². The number of rotatable bonds is 13. The van der Waals surface area contributed by atoms with Gasteiger partial charge in [-0.1, -0.05) is 37.0 Å². The van der Waals surface area contributed by atoms with Gasteiger partial charge in [-0.05, 0) is 73.9 Å². The van der Waals surface area contributed by atoms with Crippen LogP contribution < -0.4 is 29.3 Å². The maximum atomic E-state index is 13.7. The van der Waals surface area contributed by atoms with E-state index in [1.165, 1.54) is 45.1 Å². The molecule has 3 aromatic rings. The largest absolute Gasteiger partial charge is 0.497 e. The molecule has 0 spiro atoms. The summed E-state index contributed by atoms with van der Waals surface area (Å²) in [4.78, 5) is 25.2. The molecule has 4 rings (SSSR count). The summed E-state index contributed by atoms with van der Waals surface area (Å²) in [6.45, 7) is 1.20. The first kappa shape index (κ1) is 32.3. The number of carbonyl (C=O) groups excluding carboxylic acids is 2. The molecule has 1 aliphatic rings. The number of hydrazone groups is 1. The second kappa shape index (κ2) is 15.2. The normalized spacial score (nSPS) is 13.7. The summed E-state index contributed by atoms with van der Waals surface area (Å²) >= 11 is 0. The number of anilines is 1. The summed E-state index contributed by atoms with van der Waals surface area (Å²) < 4.78 is 44.8. The number of amides is 2. The van der Waals surface area contributed by atoms with E-state index >= 15 is 0 Å². The molecular weight excluding hydrogens is 584 g/mol. The van der Waals surface area contributed by atoms with E-state index in [1.54, 1.807) is 48.5 Å². The zero-order chi connectivity index (χ0) is 31.5. The van der Waals surface area contributed by atoms with E-state index in [1.807, 2.05) is 6.92 Å². The van der Waals surface area contributed by atoms with Gasteiger partial charge >= 0.3 is 0 Å². The third-order valence-electron chi connectivity index (χ3n) is 7.17. The van der Waals surface area contributed by atoms with Gasteiger partial charge in [-0.25, -0.2) is 13.8 Å². The van der Waals surface area contributed by atoms with E-state index in [4.69, 9.17) is 14.2 Å². The van der Waals surface area contributed by atoms with Crippen LogP contribution in [-0.4, -0.2) is 59.9 Å². The predicted molar refractivity (Wildman–Crippen MR) is 168 cm³/mol. The smallest absolute Gasteiger partial charge is 0.264 e. The van der Waals surface area contributed by atoms with Crippen LogP contribution in [0.1, 0.15) is 43.2 Å². The molecule has 12 heteroatoms. The maximum absolute atomic E-state index is 13.7. The molecule has 0 radical (unpaired) electrons. The number of nitrogens with one attached hydrogen (secondary N) is 2. The van der Waals surface area contributed by atoms with Crippen LogP contribution >= 0.6 is 0 Å². The Balaban J connectivity index is 1.40. The third-order valence-corrected chi connectivity index (χ3v) is 8.95. The minimum atomic E-state index is -4.18. The van der Waals surface area contributed by atoms with Crippen LogP contribution in [0.5, 0.6) is 17.2 Å². The van der Waals surface area contributed by atoms with Crippen LogP contribution in [-0.2, 0) is 19.6 Å². The topological polar surface area (TPSA) is 136 Å². The minimum absolute atomic E-state index is 0.0121. The number of benzene rings is 3. The number of hydrogen-bond donors (Lipinski definition) is 2. The SMILES string of the molecule is COc1ccc(OC)c(N(CC(=O)N/N=C\c2ccc(OCC(=O)NC3CCCCC3)cc2)S(=O)(=O)c2ccc(C)cc2)c1. The summed E-state index contributed by atoms with van der Waals surface area (Å²) in [5.74, 6) is 0.336. The van der Waals surface area contributed by atoms with E-state index < -0.39 is 22.5 Å². The Morgan fingerprint density at radius 3 is 2.25 bits per heavy atom. The maximum Gasteiger partial charge on any atom is 0.264 e. The van der Waals surface area contributed by atoms with Gasteiger partial charge < -0.3 is 19.5 Å². The highest BCUT2D eigenvalue weighted by molar-refractivity contribution is 7.92. The Morgan fingerprint density at radius 2 is 1.59 bits per heavy atom. The lowest BCUT2D eigenvalue weighted by atomic mass is 9.95. The Bertz CT molecular complexity index is 1550. The number of sulfonamides is 1. The van der Waals surface area contributed by atoms with Crippen molar-refractivity contribution in [3.63, 3.8) is 0 Å². The van der Waals surface area contributed by atoms with E-state index in [0.29, 0.717) is 17.1 Å². The summed E-state index contributed by atoms with van der Waals surface area (Å²) in [7, 11) is -1.31. The second-order valence-electron chi connectivity index (χ2n) is 10.4. The van der Waals surface area contributed by atoms with Crippen LogP contribution in [0.2, 0.25) is 0 Å². The van der Waals surface area contributed by atoms with Crippen LogP contribution in [0.25, 0.3) is 0 Å². The lowest BCUT2D eigenvalue weighted by Crippen LogP contribution is -2.39. The highest BCUT2D eigenvalue weighted by Crippen LogP contribution is 2.35. The fourth-order valence-corrected chi connectivity index (χ4v) is 6.21. The van der Waals surface area contributed by atoms with Gasteiger partial charge in [0.05, 0.1) is 31.0 Å². The average molecular weight is 623 g/mol. The summed E-state index contributed by atoms with van der Waals surface area (Å²) in [6, 6.07) is 18.1. The second-order valence-corrected chi connectivity index (χ2v) is 12.3. The molecule has 0 aromatic heterocycles. The molecule has 234 valence electrons. The van der Waals surface area contributed by atoms with E-state index in [9.17, 15) is 18.0 Å². The predicted octanol–water partition coefficient (Wildman–Crippen LogP) is 4.19. The standard InChI is InChI=1S/C32H38N4O7S/c1-23-9-16-28(17-10-23)44(39,40)36(29-19-27(41-2)15-18-30(29)42-3)21-31(37)35-33-20-24-11-13-26(14-12-24)43-22-32(38)34-25-7-5-4-6-8-25/h9-20,25H,4-8,21-22H2,1-3H3,(H,34,38)(H,35,37)/b33-20-. The van der Waals surface area contributed by atoms with Crippen LogP contribution in [0, 0.1) is 6.92 Å². The van der Waals surface area contributed by atoms with Gasteiger partial charge in [-0.15, -0.1) is 0 Å². The van der Waals surface area contributed by atoms with Crippen molar-refractivity contribution >= 4 is 33.7 Å². The molecule has 0 atom stereocenters. The fourth-order valence-electron chi connectivity index (χ4n) is 4.79. The first-order valence-corrected chi connectivity index (χ1v) is 15.8. The molecule has 0 unspecified atom stereocenters. The lowest BCUT2D eigenvalue weighted by Gasteiger charge is -2.25. The van der Waals surface area contributed by atoms with Gasteiger partial charge in [0.2, 0.25) is 0 Å². The Labute approximate surface area is 258 Å². The molecule has 0 heterocycles. The number of methoxy groups -OCH3 is 2. The number of carbonyl (C=O) groups is 2. The zero-order valence-electron chi connectivity index (χ0n) is 25.1. The third kappa shape index (κ3) is 8.73. The first-order chi connectivity index (χ1) is 21.2. The highest BCUT2D eigenvalue weighted by Gasteiger charge is 2.30. The molecular formula is C32H38N4O7S. The van der Waals surface area contributed by atoms with Crippen LogP contribution in [0.15, 0.2) is 76.7 Å². The highest BCUT2D eigenvalue weighted by atomic mass is 32.2. The van der Waals surface area contributed by atoms with Gasteiger partial charge in [-0.3, -0.25) is 13.9 Å². The molecule has 0 aliphatic heterocycles. The number of ether oxygens (including phenoxy) is 3. The van der Waals surface area contributed by atoms with Crippen molar-refractivity contribution < 1.29 is 32.2 Å². The van der Waals surface area contributed by atoms with Gasteiger partial charge in [0.25, 0.3) is 21.8 Å². The van der Waals surface area contributed by atoms with E-state index in [0.717, 1.165) is 35.6 Å². The van der Waals surface area contributed by atoms with Gasteiger partial charge in [0, 0.05) is 12.1 Å². The zero-order valence-corrected chi connectivity index (χ0v) is 25.9. The summed E-state index contributed by atoms with van der Waals surface area (Å²) in [5.41, 5.74) is 4.07. The molecule has 1 saturated carbocycles. The monoisotopic (exact) mass is 622 g/mol. The van der Waals surface area contributed by atoms with Crippen LogP contribution in [0.3, 0.4) is 0 Å². The van der Waals surface area contributed by atoms with Crippen molar-refractivity contribution in [2.45, 2.75) is 50.0 Å². The van der Waals surface area contributed by atoms with Crippen molar-refractivity contribution in [2.24, 2.45) is 5.10 Å². The molecule has 1 fully saturated rings. The Kier molecular flexibility index (Phi) is 11.2. The lowest BCUT2D eigenvalue weighted by molar-refractivity contribution is -0.124. The van der Waals surface area contributed by atoms with Crippen molar-refractivity contribution in [3.8, 4) is 17.2 Å². The summed E-state index contributed by atoms with van der Waals surface area (Å²) in [6.07, 6.45) is 6.92. The molecule has 3 aromatic carbocycles. The van der Waals surface area contributed by atoms with Gasteiger partial charge in [0.1, 0.15) is 23.8 Å². The quantitative estimate of drug-likeness (QED) is 0.216. The molecule has 11 nitrogen and oxygen atoms in total. The Morgan fingerprint density at radius 1 is 0.909 bits per heavy atom. The van der Waals surface area contributed by atoms with Crippen molar-refractivity contribution in [1.82, 2.24) is 10.7 Å². The van der Waals surface area contributed by atoms with E-state index in [-0.39, 0.29) is 34.9 Å². The first-order valence-electron chi connectivity index (χ1n) is 14.3.